The van der Waals surface area contributed by atoms with Gasteiger partial charge in [0.05, 0.1) is 0 Å². The summed E-state index contributed by atoms with van der Waals surface area (Å²) in [6, 6.07) is 13.4. The summed E-state index contributed by atoms with van der Waals surface area (Å²) in [7, 11) is 0. The fourth-order valence-corrected chi connectivity index (χ4v) is 2.40. The normalized spacial score (nSPS) is 10.0. The Labute approximate surface area is 127 Å². The topological polar surface area (TPSA) is 0 Å². The molecule has 2 aromatic carbocycles. The second-order valence-corrected chi connectivity index (χ2v) is 5.22. The lowest BCUT2D eigenvalue weighted by Gasteiger charge is -2.06. The van der Waals surface area contributed by atoms with Gasteiger partial charge in [0.15, 0.2) is 0 Å². The molecule has 2 aromatic rings. The molecule has 0 aliphatic carbocycles. The van der Waals surface area contributed by atoms with Gasteiger partial charge in [-0.05, 0) is 43.0 Å². The minimum atomic E-state index is -0.214. The molecule has 0 radical (unpaired) electrons. The summed E-state index contributed by atoms with van der Waals surface area (Å²) in [6.45, 7) is 3.96. The highest BCUT2D eigenvalue weighted by Crippen LogP contribution is 2.24. The smallest absolute Gasteiger partial charge is 0.132 e. The molecule has 0 atom stereocenters. The molecule has 2 rings (SSSR count). The standard InChI is InChI=1S/C20H21F/c1-3-5-6-8-16-9-12-18(13-10-16)19-14-11-17(7-4-2)15-20(19)21/h9-15H,3,5-6,8H2,1-2H3. The van der Waals surface area contributed by atoms with Crippen LogP contribution in [0.1, 0.15) is 44.2 Å². The van der Waals surface area contributed by atoms with Crippen LogP contribution in [0.2, 0.25) is 0 Å². The molecule has 0 aliphatic rings. The molecule has 0 heterocycles. The highest BCUT2D eigenvalue weighted by molar-refractivity contribution is 5.65. The summed E-state index contributed by atoms with van der Waals surface area (Å²) in [5.74, 6) is 5.45. The van der Waals surface area contributed by atoms with Crippen molar-refractivity contribution in [1.29, 1.82) is 0 Å². The van der Waals surface area contributed by atoms with Crippen LogP contribution in [0, 0.1) is 17.7 Å². The van der Waals surface area contributed by atoms with E-state index in [0.717, 1.165) is 17.5 Å². The average molecular weight is 280 g/mol. The highest BCUT2D eigenvalue weighted by atomic mass is 19.1. The van der Waals surface area contributed by atoms with Gasteiger partial charge in [-0.2, -0.15) is 0 Å². The SMILES string of the molecule is CC#Cc1ccc(-c2ccc(CCCCC)cc2)c(F)c1. The molecule has 21 heavy (non-hydrogen) atoms. The highest BCUT2D eigenvalue weighted by Gasteiger charge is 2.05. The second-order valence-electron chi connectivity index (χ2n) is 5.22. The lowest BCUT2D eigenvalue weighted by atomic mass is 10.00. The molecule has 0 aliphatic heterocycles. The molecule has 1 heteroatoms. The van der Waals surface area contributed by atoms with Gasteiger partial charge < -0.3 is 0 Å². The predicted octanol–water partition coefficient (Wildman–Crippen LogP) is 5.60. The summed E-state index contributed by atoms with van der Waals surface area (Å²) >= 11 is 0. The third kappa shape index (κ3) is 4.20. The van der Waals surface area contributed by atoms with E-state index in [1.165, 1.54) is 30.9 Å². The number of hydrogen-bond donors (Lipinski definition) is 0. The van der Waals surface area contributed by atoms with E-state index in [1.54, 1.807) is 13.0 Å². The summed E-state index contributed by atoms with van der Waals surface area (Å²) in [6.07, 6.45) is 4.81. The lowest BCUT2D eigenvalue weighted by Crippen LogP contribution is -1.89. The van der Waals surface area contributed by atoms with Crippen molar-refractivity contribution < 1.29 is 4.39 Å². The van der Waals surface area contributed by atoms with Crippen LogP contribution in [-0.4, -0.2) is 0 Å². The molecule has 0 nitrogen and oxygen atoms in total. The fraction of sp³-hybridized carbons (Fsp3) is 0.300. The molecule has 0 amide bonds. The first-order chi connectivity index (χ1) is 10.2. The van der Waals surface area contributed by atoms with E-state index in [-0.39, 0.29) is 5.82 Å². The minimum Gasteiger partial charge on any atom is -0.206 e. The molecule has 0 saturated heterocycles. The van der Waals surface area contributed by atoms with E-state index >= 15 is 0 Å². The van der Waals surface area contributed by atoms with Gasteiger partial charge in [-0.1, -0.05) is 56.0 Å². The van der Waals surface area contributed by atoms with Gasteiger partial charge in [0, 0.05) is 11.1 Å². The largest absolute Gasteiger partial charge is 0.206 e. The first-order valence-corrected chi connectivity index (χ1v) is 7.56. The molecule has 0 saturated carbocycles. The van der Waals surface area contributed by atoms with E-state index < -0.39 is 0 Å². The van der Waals surface area contributed by atoms with Gasteiger partial charge in [0.25, 0.3) is 0 Å². The van der Waals surface area contributed by atoms with Crippen molar-refractivity contribution in [2.24, 2.45) is 0 Å². The lowest BCUT2D eigenvalue weighted by molar-refractivity contribution is 0.631. The van der Waals surface area contributed by atoms with Crippen LogP contribution in [0.3, 0.4) is 0 Å². The van der Waals surface area contributed by atoms with Crippen LogP contribution in [0.4, 0.5) is 4.39 Å². The van der Waals surface area contributed by atoms with E-state index in [0.29, 0.717) is 5.56 Å². The summed E-state index contributed by atoms with van der Waals surface area (Å²) in [4.78, 5) is 0. The summed E-state index contributed by atoms with van der Waals surface area (Å²) in [5, 5.41) is 0. The fourth-order valence-electron chi connectivity index (χ4n) is 2.40. The Morgan fingerprint density at radius 1 is 1.00 bits per heavy atom. The quantitative estimate of drug-likeness (QED) is 0.494. The number of rotatable bonds is 5. The number of aryl methyl sites for hydroxylation is 1. The molecule has 0 bridgehead atoms. The van der Waals surface area contributed by atoms with Crippen molar-refractivity contribution in [3.05, 3.63) is 59.4 Å². The van der Waals surface area contributed by atoms with Crippen molar-refractivity contribution in [2.75, 3.05) is 0 Å². The number of halogens is 1. The van der Waals surface area contributed by atoms with Crippen LogP contribution in [-0.2, 0) is 6.42 Å². The van der Waals surface area contributed by atoms with Crippen LogP contribution in [0.5, 0.6) is 0 Å². The van der Waals surface area contributed by atoms with Crippen molar-refractivity contribution in [1.82, 2.24) is 0 Å². The zero-order valence-corrected chi connectivity index (χ0v) is 12.7. The monoisotopic (exact) mass is 280 g/mol. The first-order valence-electron chi connectivity index (χ1n) is 7.56. The number of benzene rings is 2. The van der Waals surface area contributed by atoms with Crippen LogP contribution in [0.25, 0.3) is 11.1 Å². The number of hydrogen-bond acceptors (Lipinski definition) is 0. The van der Waals surface area contributed by atoms with Gasteiger partial charge in [-0.3, -0.25) is 0 Å². The van der Waals surface area contributed by atoms with Crippen LogP contribution < -0.4 is 0 Å². The van der Waals surface area contributed by atoms with Crippen molar-refractivity contribution >= 4 is 0 Å². The predicted molar refractivity (Wildman–Crippen MR) is 87.6 cm³/mol. The zero-order valence-electron chi connectivity index (χ0n) is 12.7. The second kappa shape index (κ2) is 7.64. The molecule has 0 unspecified atom stereocenters. The van der Waals surface area contributed by atoms with Crippen LogP contribution >= 0.6 is 0 Å². The summed E-state index contributed by atoms with van der Waals surface area (Å²) < 4.78 is 14.1. The van der Waals surface area contributed by atoms with Gasteiger partial charge in [0.2, 0.25) is 0 Å². The van der Waals surface area contributed by atoms with E-state index in [2.05, 4.69) is 30.9 Å². The Kier molecular flexibility index (Phi) is 5.58. The van der Waals surface area contributed by atoms with Gasteiger partial charge in [-0.15, -0.1) is 5.92 Å². The van der Waals surface area contributed by atoms with Crippen molar-refractivity contribution in [2.45, 2.75) is 39.5 Å². The maximum Gasteiger partial charge on any atom is 0.132 e. The molecule has 0 fully saturated rings. The van der Waals surface area contributed by atoms with Gasteiger partial charge in [-0.25, -0.2) is 4.39 Å². The average Bonchev–Trinajstić information content (AvgIpc) is 2.49. The molecular formula is C20H21F. The Morgan fingerprint density at radius 3 is 2.38 bits per heavy atom. The van der Waals surface area contributed by atoms with E-state index in [4.69, 9.17) is 0 Å². The minimum absolute atomic E-state index is 0.214. The first kappa shape index (κ1) is 15.3. The van der Waals surface area contributed by atoms with Gasteiger partial charge in [0.1, 0.15) is 5.82 Å². The molecule has 0 aromatic heterocycles. The Bertz CT molecular complexity index is 642. The van der Waals surface area contributed by atoms with Crippen LogP contribution in [0.15, 0.2) is 42.5 Å². The maximum absolute atomic E-state index is 14.1. The third-order valence-corrected chi connectivity index (χ3v) is 3.57. The zero-order chi connectivity index (χ0) is 15.1. The third-order valence-electron chi connectivity index (χ3n) is 3.57. The van der Waals surface area contributed by atoms with Crippen molar-refractivity contribution in [3.8, 4) is 23.0 Å². The summed E-state index contributed by atoms with van der Waals surface area (Å²) in [5.41, 5.74) is 3.59. The maximum atomic E-state index is 14.1. The Hall–Kier alpha value is -2.07. The van der Waals surface area contributed by atoms with Gasteiger partial charge >= 0.3 is 0 Å². The number of unbranched alkanes of at least 4 members (excludes halogenated alkanes) is 2. The van der Waals surface area contributed by atoms with E-state index in [9.17, 15) is 4.39 Å². The molecule has 108 valence electrons. The molecule has 0 N–H and O–H groups in total. The Morgan fingerprint density at radius 2 is 1.76 bits per heavy atom. The molecular weight excluding hydrogens is 259 g/mol. The van der Waals surface area contributed by atoms with E-state index in [1.807, 2.05) is 18.2 Å². The van der Waals surface area contributed by atoms with Crippen molar-refractivity contribution in [3.63, 3.8) is 0 Å². The Balaban J connectivity index is 2.16. The molecule has 0 spiro atoms.